The molecule has 0 saturated heterocycles. The number of benzene rings is 2. The third-order valence-electron chi connectivity index (χ3n) is 3.77. The average molecular weight is 306 g/mol. The Morgan fingerprint density at radius 2 is 1.74 bits per heavy atom. The standard InChI is InChI=1S/C19H18N2O2/c1-12(2)15-10-14(8-9-18(15)22)17-11-16(20-19(23)21-17)13-6-4-3-5-7-13/h3-12,22H,1-2H3,(H,20,21,23). The Balaban J connectivity index is 2.13. The summed E-state index contributed by atoms with van der Waals surface area (Å²) in [5, 5.41) is 9.96. The van der Waals surface area contributed by atoms with Gasteiger partial charge >= 0.3 is 5.69 Å². The van der Waals surface area contributed by atoms with E-state index in [1.165, 1.54) is 0 Å². The molecule has 2 aromatic carbocycles. The van der Waals surface area contributed by atoms with Gasteiger partial charge in [-0.2, -0.15) is 4.98 Å². The molecule has 1 aromatic heterocycles. The molecule has 4 nitrogen and oxygen atoms in total. The van der Waals surface area contributed by atoms with Crippen LogP contribution in [-0.4, -0.2) is 15.1 Å². The summed E-state index contributed by atoms with van der Waals surface area (Å²) in [5.41, 5.74) is 3.52. The van der Waals surface area contributed by atoms with Crippen molar-refractivity contribution < 1.29 is 5.11 Å². The number of phenols is 1. The summed E-state index contributed by atoms with van der Waals surface area (Å²) in [5.74, 6) is 0.459. The highest BCUT2D eigenvalue weighted by Gasteiger charge is 2.10. The van der Waals surface area contributed by atoms with Gasteiger partial charge in [0.25, 0.3) is 0 Å². The van der Waals surface area contributed by atoms with Crippen LogP contribution in [0, 0.1) is 0 Å². The van der Waals surface area contributed by atoms with Crippen molar-refractivity contribution >= 4 is 0 Å². The maximum Gasteiger partial charge on any atom is 0.345 e. The summed E-state index contributed by atoms with van der Waals surface area (Å²) in [7, 11) is 0. The predicted molar refractivity (Wildman–Crippen MR) is 91.5 cm³/mol. The van der Waals surface area contributed by atoms with Gasteiger partial charge in [0.1, 0.15) is 5.75 Å². The lowest BCUT2D eigenvalue weighted by Gasteiger charge is -2.11. The highest BCUT2D eigenvalue weighted by atomic mass is 16.3. The molecule has 0 amide bonds. The zero-order valence-corrected chi connectivity index (χ0v) is 13.1. The van der Waals surface area contributed by atoms with Crippen LogP contribution in [0.2, 0.25) is 0 Å². The predicted octanol–water partition coefficient (Wildman–Crippen LogP) is 3.93. The molecule has 0 unspecified atom stereocenters. The smallest absolute Gasteiger partial charge is 0.345 e. The molecule has 0 radical (unpaired) electrons. The third-order valence-corrected chi connectivity index (χ3v) is 3.77. The number of hydrogen-bond acceptors (Lipinski definition) is 3. The van der Waals surface area contributed by atoms with Crippen molar-refractivity contribution in [3.63, 3.8) is 0 Å². The minimum absolute atomic E-state index is 0.192. The molecule has 0 aliphatic heterocycles. The van der Waals surface area contributed by atoms with E-state index in [9.17, 15) is 9.90 Å². The zero-order valence-electron chi connectivity index (χ0n) is 13.1. The average Bonchev–Trinajstić information content (AvgIpc) is 2.55. The van der Waals surface area contributed by atoms with Gasteiger partial charge in [-0.25, -0.2) is 4.79 Å². The van der Waals surface area contributed by atoms with Gasteiger partial charge in [-0.1, -0.05) is 44.2 Å². The fourth-order valence-corrected chi connectivity index (χ4v) is 2.55. The van der Waals surface area contributed by atoms with E-state index in [2.05, 4.69) is 9.97 Å². The second-order valence-corrected chi connectivity index (χ2v) is 5.78. The largest absolute Gasteiger partial charge is 0.508 e. The van der Waals surface area contributed by atoms with Crippen molar-refractivity contribution in [2.24, 2.45) is 0 Å². The lowest BCUT2D eigenvalue weighted by atomic mass is 9.98. The number of phenolic OH excluding ortho intramolecular Hbond substituents is 1. The number of H-pyrrole nitrogens is 1. The molecule has 116 valence electrons. The summed E-state index contributed by atoms with van der Waals surface area (Å²) >= 11 is 0. The molecule has 0 saturated carbocycles. The molecular weight excluding hydrogens is 288 g/mol. The van der Waals surface area contributed by atoms with Gasteiger partial charge in [-0.05, 0) is 41.3 Å². The van der Waals surface area contributed by atoms with Crippen LogP contribution < -0.4 is 5.69 Å². The van der Waals surface area contributed by atoms with Gasteiger partial charge in [0.15, 0.2) is 0 Å². The Bertz CT molecular complexity index is 883. The van der Waals surface area contributed by atoms with Crippen LogP contribution in [0.3, 0.4) is 0 Å². The number of rotatable bonds is 3. The van der Waals surface area contributed by atoms with Gasteiger partial charge in [0, 0.05) is 5.56 Å². The summed E-state index contributed by atoms with van der Waals surface area (Å²) in [6.07, 6.45) is 0. The topological polar surface area (TPSA) is 66.0 Å². The van der Waals surface area contributed by atoms with Crippen LogP contribution >= 0.6 is 0 Å². The molecule has 0 aliphatic rings. The Labute approximate surface area is 134 Å². The van der Waals surface area contributed by atoms with Gasteiger partial charge in [0.05, 0.1) is 11.4 Å². The first-order chi connectivity index (χ1) is 11.0. The van der Waals surface area contributed by atoms with E-state index in [1.807, 2.05) is 56.3 Å². The number of aromatic amines is 1. The number of hydrogen-bond donors (Lipinski definition) is 2. The lowest BCUT2D eigenvalue weighted by Crippen LogP contribution is -2.12. The molecule has 0 aliphatic carbocycles. The molecule has 0 fully saturated rings. The highest BCUT2D eigenvalue weighted by molar-refractivity contribution is 5.68. The molecule has 3 rings (SSSR count). The second kappa shape index (κ2) is 6.08. The quantitative estimate of drug-likeness (QED) is 0.770. The summed E-state index contributed by atoms with van der Waals surface area (Å²) in [4.78, 5) is 18.7. The normalized spacial score (nSPS) is 10.9. The SMILES string of the molecule is CC(C)c1cc(-c2cc(-c3ccccc3)nc(=O)[nH]2)ccc1O. The minimum atomic E-state index is -0.388. The van der Waals surface area contributed by atoms with Crippen molar-refractivity contribution in [2.75, 3.05) is 0 Å². The number of aromatic hydroxyl groups is 1. The van der Waals surface area contributed by atoms with Gasteiger partial charge < -0.3 is 10.1 Å². The van der Waals surface area contributed by atoms with Crippen molar-refractivity contribution in [3.8, 4) is 28.3 Å². The van der Waals surface area contributed by atoms with Crippen LogP contribution in [0.25, 0.3) is 22.5 Å². The van der Waals surface area contributed by atoms with Crippen LogP contribution in [0.4, 0.5) is 0 Å². The molecule has 3 aromatic rings. The minimum Gasteiger partial charge on any atom is -0.508 e. The Morgan fingerprint density at radius 1 is 1.00 bits per heavy atom. The lowest BCUT2D eigenvalue weighted by molar-refractivity contribution is 0.465. The Kier molecular flexibility index (Phi) is 3.98. The monoisotopic (exact) mass is 306 g/mol. The molecular formula is C19H18N2O2. The molecule has 1 heterocycles. The first kappa shape index (κ1) is 15.0. The summed E-state index contributed by atoms with van der Waals surface area (Å²) in [6.45, 7) is 4.03. The third kappa shape index (κ3) is 3.16. The van der Waals surface area contributed by atoms with Crippen LogP contribution in [-0.2, 0) is 0 Å². The Morgan fingerprint density at radius 3 is 2.43 bits per heavy atom. The Hall–Kier alpha value is -2.88. The highest BCUT2D eigenvalue weighted by Crippen LogP contribution is 2.30. The fraction of sp³-hybridized carbons (Fsp3) is 0.158. The van der Waals surface area contributed by atoms with Crippen LogP contribution in [0.5, 0.6) is 5.75 Å². The van der Waals surface area contributed by atoms with Crippen molar-refractivity contribution in [1.29, 1.82) is 0 Å². The van der Waals surface area contributed by atoms with E-state index >= 15 is 0 Å². The number of nitrogens with one attached hydrogen (secondary N) is 1. The van der Waals surface area contributed by atoms with E-state index in [-0.39, 0.29) is 17.4 Å². The van der Waals surface area contributed by atoms with Crippen LogP contribution in [0.1, 0.15) is 25.3 Å². The van der Waals surface area contributed by atoms with E-state index in [4.69, 9.17) is 0 Å². The number of aromatic nitrogens is 2. The van der Waals surface area contributed by atoms with Crippen molar-refractivity contribution in [1.82, 2.24) is 9.97 Å². The first-order valence-electron chi connectivity index (χ1n) is 7.54. The van der Waals surface area contributed by atoms with Gasteiger partial charge in [0.2, 0.25) is 0 Å². The fourth-order valence-electron chi connectivity index (χ4n) is 2.55. The van der Waals surface area contributed by atoms with E-state index in [0.29, 0.717) is 11.4 Å². The van der Waals surface area contributed by atoms with Crippen molar-refractivity contribution in [2.45, 2.75) is 19.8 Å². The van der Waals surface area contributed by atoms with Gasteiger partial charge in [-0.3, -0.25) is 0 Å². The summed E-state index contributed by atoms with van der Waals surface area (Å²) < 4.78 is 0. The molecule has 0 bridgehead atoms. The second-order valence-electron chi connectivity index (χ2n) is 5.78. The molecule has 4 heteroatoms. The first-order valence-corrected chi connectivity index (χ1v) is 7.54. The maximum atomic E-state index is 11.9. The molecule has 0 spiro atoms. The van der Waals surface area contributed by atoms with Crippen molar-refractivity contribution in [3.05, 3.63) is 70.6 Å². The van der Waals surface area contributed by atoms with Crippen LogP contribution in [0.15, 0.2) is 59.4 Å². The number of nitrogens with zero attached hydrogens (tertiary/aromatic N) is 1. The van der Waals surface area contributed by atoms with E-state index in [1.54, 1.807) is 12.1 Å². The molecule has 2 N–H and O–H groups in total. The summed E-state index contributed by atoms with van der Waals surface area (Å²) in [6, 6.07) is 16.8. The molecule has 23 heavy (non-hydrogen) atoms. The van der Waals surface area contributed by atoms with E-state index in [0.717, 1.165) is 16.7 Å². The zero-order chi connectivity index (χ0) is 16.4. The maximum absolute atomic E-state index is 11.9. The van der Waals surface area contributed by atoms with E-state index < -0.39 is 0 Å². The molecule has 0 atom stereocenters. The van der Waals surface area contributed by atoms with Gasteiger partial charge in [-0.15, -0.1) is 0 Å².